The maximum atomic E-state index is 12.2. The van der Waals surface area contributed by atoms with Gasteiger partial charge in [-0.15, -0.1) is 5.10 Å². The number of nitrogens with one attached hydrogen (secondary N) is 2. The van der Waals surface area contributed by atoms with E-state index < -0.39 is 6.10 Å². The molecule has 2 heterocycles. The molecule has 146 valence electrons. The molecule has 8 nitrogen and oxygen atoms in total. The number of rotatable bonds is 5. The van der Waals surface area contributed by atoms with Crippen LogP contribution in [0.1, 0.15) is 18.2 Å². The van der Waals surface area contributed by atoms with Gasteiger partial charge in [-0.25, -0.2) is 4.68 Å². The zero-order valence-corrected chi connectivity index (χ0v) is 15.7. The van der Waals surface area contributed by atoms with Crippen LogP contribution in [0.15, 0.2) is 60.8 Å². The van der Waals surface area contributed by atoms with Crippen molar-refractivity contribution in [2.75, 3.05) is 10.6 Å². The number of carbonyl (C=O) groups is 2. The Hall–Kier alpha value is -3.94. The number of amides is 2. The van der Waals surface area contributed by atoms with Crippen molar-refractivity contribution in [1.29, 1.82) is 0 Å². The van der Waals surface area contributed by atoms with E-state index in [1.807, 2.05) is 30.3 Å². The molecular formula is C21H19N5O3. The maximum absolute atomic E-state index is 12.2. The lowest BCUT2D eigenvalue weighted by Crippen LogP contribution is -2.34. The first-order valence-corrected chi connectivity index (χ1v) is 9.11. The average molecular weight is 389 g/mol. The first-order chi connectivity index (χ1) is 14.1. The predicted molar refractivity (Wildman–Crippen MR) is 108 cm³/mol. The minimum absolute atomic E-state index is 0.223. The summed E-state index contributed by atoms with van der Waals surface area (Å²) in [5.74, 6) is 0.0270. The molecule has 2 amide bonds. The first kappa shape index (κ1) is 18.4. The second kappa shape index (κ2) is 7.97. The van der Waals surface area contributed by atoms with Gasteiger partial charge < -0.3 is 15.4 Å². The van der Waals surface area contributed by atoms with Crippen molar-refractivity contribution in [2.45, 2.75) is 19.6 Å². The molecular weight excluding hydrogens is 370 g/mol. The molecule has 0 radical (unpaired) electrons. The Balaban J connectivity index is 1.37. The number of fused-ring (bicyclic) bond motifs is 1. The molecule has 0 spiro atoms. The van der Waals surface area contributed by atoms with Crippen LogP contribution in [0.2, 0.25) is 0 Å². The van der Waals surface area contributed by atoms with Crippen molar-refractivity contribution >= 4 is 29.3 Å². The van der Waals surface area contributed by atoms with E-state index in [2.05, 4.69) is 20.9 Å². The second-order valence-corrected chi connectivity index (χ2v) is 6.61. The molecule has 8 heteroatoms. The molecule has 4 rings (SSSR count). The standard InChI is InChI=1S/C21H19N5O3/c1-14-21(28)23-18-11-16(7-9-19(18)29-14)22-20(27)10-8-17-13-26(25-24-17)12-15-5-3-2-4-6-15/h2-11,13-14H,12H2,1H3,(H,22,27)(H,23,28)/b10-8+. The largest absolute Gasteiger partial charge is 0.479 e. The van der Waals surface area contributed by atoms with Crippen molar-refractivity contribution in [3.05, 3.63) is 72.1 Å². The molecule has 1 unspecified atom stereocenters. The van der Waals surface area contributed by atoms with Crippen molar-refractivity contribution < 1.29 is 14.3 Å². The van der Waals surface area contributed by atoms with Gasteiger partial charge in [-0.2, -0.15) is 0 Å². The maximum Gasteiger partial charge on any atom is 0.265 e. The normalized spacial score (nSPS) is 15.5. The number of aromatic nitrogens is 3. The molecule has 1 aliphatic rings. The van der Waals surface area contributed by atoms with E-state index >= 15 is 0 Å². The third kappa shape index (κ3) is 4.49. The monoisotopic (exact) mass is 389 g/mol. The summed E-state index contributed by atoms with van der Waals surface area (Å²) in [6.07, 6.45) is 4.20. The van der Waals surface area contributed by atoms with Gasteiger partial charge in [0.1, 0.15) is 11.4 Å². The van der Waals surface area contributed by atoms with Crippen LogP contribution in [-0.2, 0) is 16.1 Å². The third-order valence-electron chi connectivity index (χ3n) is 4.33. The molecule has 1 aliphatic heterocycles. The first-order valence-electron chi connectivity index (χ1n) is 9.11. The van der Waals surface area contributed by atoms with Crippen LogP contribution in [0.3, 0.4) is 0 Å². The van der Waals surface area contributed by atoms with Gasteiger partial charge in [0.2, 0.25) is 5.91 Å². The lowest BCUT2D eigenvalue weighted by molar-refractivity contribution is -0.122. The molecule has 3 aromatic rings. The Morgan fingerprint density at radius 3 is 2.93 bits per heavy atom. The number of benzene rings is 2. The van der Waals surface area contributed by atoms with E-state index in [1.165, 1.54) is 6.08 Å². The minimum Gasteiger partial charge on any atom is -0.479 e. The van der Waals surface area contributed by atoms with Crippen molar-refractivity contribution in [3.8, 4) is 5.75 Å². The third-order valence-corrected chi connectivity index (χ3v) is 4.33. The van der Waals surface area contributed by atoms with E-state index in [1.54, 1.807) is 42.1 Å². The Morgan fingerprint density at radius 2 is 2.10 bits per heavy atom. The highest BCUT2D eigenvalue weighted by molar-refractivity contribution is 6.03. The van der Waals surface area contributed by atoms with Crippen LogP contribution in [0.5, 0.6) is 5.75 Å². The molecule has 0 bridgehead atoms. The highest BCUT2D eigenvalue weighted by Crippen LogP contribution is 2.32. The topological polar surface area (TPSA) is 98.1 Å². The smallest absolute Gasteiger partial charge is 0.265 e. The van der Waals surface area contributed by atoms with Crippen LogP contribution < -0.4 is 15.4 Å². The van der Waals surface area contributed by atoms with Gasteiger partial charge in [-0.05, 0) is 36.8 Å². The SMILES string of the molecule is CC1Oc2ccc(NC(=O)/C=C/c3cn(Cc4ccccc4)nn3)cc2NC1=O. The molecule has 1 atom stereocenters. The van der Waals surface area contributed by atoms with Gasteiger partial charge in [-0.1, -0.05) is 35.5 Å². The summed E-state index contributed by atoms with van der Waals surface area (Å²) in [4.78, 5) is 23.9. The molecule has 0 saturated heterocycles. The fourth-order valence-corrected chi connectivity index (χ4v) is 2.87. The highest BCUT2D eigenvalue weighted by atomic mass is 16.5. The second-order valence-electron chi connectivity index (χ2n) is 6.61. The number of hydrogen-bond acceptors (Lipinski definition) is 5. The summed E-state index contributed by atoms with van der Waals surface area (Å²) in [5.41, 5.74) is 2.77. The fourth-order valence-electron chi connectivity index (χ4n) is 2.87. The van der Waals surface area contributed by atoms with Gasteiger partial charge in [0.15, 0.2) is 6.10 Å². The zero-order chi connectivity index (χ0) is 20.2. The van der Waals surface area contributed by atoms with E-state index in [9.17, 15) is 9.59 Å². The van der Waals surface area contributed by atoms with Crippen LogP contribution in [0.4, 0.5) is 11.4 Å². The minimum atomic E-state index is -0.541. The van der Waals surface area contributed by atoms with E-state index in [-0.39, 0.29) is 11.8 Å². The number of ether oxygens (including phenoxy) is 1. The Morgan fingerprint density at radius 1 is 1.28 bits per heavy atom. The van der Waals surface area contributed by atoms with Crippen LogP contribution in [0.25, 0.3) is 6.08 Å². The Labute approximate surface area is 167 Å². The summed E-state index contributed by atoms with van der Waals surface area (Å²) in [7, 11) is 0. The lowest BCUT2D eigenvalue weighted by Gasteiger charge is -2.23. The van der Waals surface area contributed by atoms with Gasteiger partial charge >= 0.3 is 0 Å². The molecule has 1 aromatic heterocycles. The van der Waals surface area contributed by atoms with Crippen LogP contribution >= 0.6 is 0 Å². The summed E-state index contributed by atoms with van der Waals surface area (Å²) in [6, 6.07) is 15.0. The molecule has 29 heavy (non-hydrogen) atoms. The fraction of sp³-hybridized carbons (Fsp3) is 0.143. The molecule has 0 saturated carbocycles. The molecule has 2 N–H and O–H groups in total. The van der Waals surface area contributed by atoms with Crippen molar-refractivity contribution in [2.24, 2.45) is 0 Å². The summed E-state index contributed by atoms with van der Waals surface area (Å²) >= 11 is 0. The summed E-state index contributed by atoms with van der Waals surface area (Å²) in [5, 5.41) is 13.6. The highest BCUT2D eigenvalue weighted by Gasteiger charge is 2.23. The van der Waals surface area contributed by atoms with Crippen molar-refractivity contribution in [3.63, 3.8) is 0 Å². The number of carbonyl (C=O) groups excluding carboxylic acids is 2. The Bertz CT molecular complexity index is 1070. The van der Waals surface area contributed by atoms with Crippen LogP contribution in [-0.4, -0.2) is 32.9 Å². The Kier molecular flexibility index (Phi) is 5.07. The predicted octanol–water partition coefficient (Wildman–Crippen LogP) is 2.70. The molecule has 0 fully saturated rings. The summed E-state index contributed by atoms with van der Waals surface area (Å²) in [6.45, 7) is 2.28. The van der Waals surface area contributed by atoms with E-state index in [0.717, 1.165) is 5.56 Å². The van der Waals surface area contributed by atoms with Crippen LogP contribution in [0, 0.1) is 0 Å². The number of nitrogens with zero attached hydrogens (tertiary/aromatic N) is 3. The average Bonchev–Trinajstić information content (AvgIpc) is 3.16. The van der Waals surface area contributed by atoms with E-state index in [0.29, 0.717) is 29.4 Å². The van der Waals surface area contributed by atoms with Gasteiger partial charge in [-0.3, -0.25) is 9.59 Å². The van der Waals surface area contributed by atoms with Gasteiger partial charge in [0.25, 0.3) is 5.91 Å². The van der Waals surface area contributed by atoms with Crippen molar-refractivity contribution in [1.82, 2.24) is 15.0 Å². The van der Waals surface area contributed by atoms with Gasteiger partial charge in [0.05, 0.1) is 18.4 Å². The summed E-state index contributed by atoms with van der Waals surface area (Å²) < 4.78 is 7.21. The zero-order valence-electron chi connectivity index (χ0n) is 15.7. The lowest BCUT2D eigenvalue weighted by atomic mass is 10.2. The van der Waals surface area contributed by atoms with Gasteiger partial charge in [0, 0.05) is 11.8 Å². The van der Waals surface area contributed by atoms with E-state index in [4.69, 9.17) is 4.74 Å². The molecule has 2 aromatic carbocycles. The molecule has 0 aliphatic carbocycles. The number of hydrogen-bond donors (Lipinski definition) is 2. The number of anilines is 2. The quantitative estimate of drug-likeness (QED) is 0.654.